The molecule has 8 heteroatoms. The lowest BCUT2D eigenvalue weighted by molar-refractivity contribution is -0.137. The van der Waals surface area contributed by atoms with Gasteiger partial charge in [0.15, 0.2) is 0 Å². The van der Waals surface area contributed by atoms with E-state index < -0.39 is 11.7 Å². The molecule has 1 aliphatic rings. The molecule has 178 valence electrons. The molecular formula is C25H30F3N3O2. The Morgan fingerprint density at radius 2 is 1.76 bits per heavy atom. The van der Waals surface area contributed by atoms with Crippen LogP contribution in [0, 0.1) is 5.92 Å². The van der Waals surface area contributed by atoms with Gasteiger partial charge < -0.3 is 15.5 Å². The Kier molecular flexibility index (Phi) is 8.36. The SMILES string of the molecule is CCCCCNC(=O)C1CCN(C(=O)c2ccccc2Nc2cccc(C(F)(F)F)c2)CC1. The van der Waals surface area contributed by atoms with E-state index in [2.05, 4.69) is 17.6 Å². The first-order valence-electron chi connectivity index (χ1n) is 11.4. The molecule has 2 amide bonds. The topological polar surface area (TPSA) is 61.4 Å². The maximum atomic E-state index is 13.2. The number of benzene rings is 2. The number of amides is 2. The van der Waals surface area contributed by atoms with E-state index in [0.717, 1.165) is 31.4 Å². The third-order valence-corrected chi connectivity index (χ3v) is 5.86. The zero-order valence-corrected chi connectivity index (χ0v) is 18.8. The molecule has 2 aromatic carbocycles. The van der Waals surface area contributed by atoms with E-state index >= 15 is 0 Å². The van der Waals surface area contributed by atoms with Crippen LogP contribution in [0.25, 0.3) is 0 Å². The minimum Gasteiger partial charge on any atom is -0.356 e. The van der Waals surface area contributed by atoms with Gasteiger partial charge in [-0.1, -0.05) is 38.0 Å². The average Bonchev–Trinajstić information content (AvgIpc) is 2.81. The third-order valence-electron chi connectivity index (χ3n) is 5.86. The van der Waals surface area contributed by atoms with Gasteiger partial charge in [0.1, 0.15) is 0 Å². The molecule has 0 bridgehead atoms. The summed E-state index contributed by atoms with van der Waals surface area (Å²) in [5.41, 5.74) is 0.324. The molecule has 0 saturated carbocycles. The highest BCUT2D eigenvalue weighted by atomic mass is 19.4. The van der Waals surface area contributed by atoms with E-state index in [0.29, 0.717) is 43.7 Å². The van der Waals surface area contributed by atoms with Gasteiger partial charge in [-0.3, -0.25) is 9.59 Å². The predicted octanol–water partition coefficient (Wildman–Crippen LogP) is 5.61. The molecule has 1 fully saturated rings. The molecule has 1 heterocycles. The van der Waals surface area contributed by atoms with Crippen LogP contribution in [0.3, 0.4) is 0 Å². The Labute approximate surface area is 192 Å². The molecule has 1 aliphatic heterocycles. The number of carbonyl (C=O) groups excluding carboxylic acids is 2. The second-order valence-electron chi connectivity index (χ2n) is 8.31. The number of hydrogen-bond acceptors (Lipinski definition) is 3. The van der Waals surface area contributed by atoms with Gasteiger partial charge in [0, 0.05) is 31.2 Å². The first-order valence-corrected chi connectivity index (χ1v) is 11.4. The molecule has 0 unspecified atom stereocenters. The molecule has 5 nitrogen and oxygen atoms in total. The minimum absolute atomic E-state index is 0.0461. The van der Waals surface area contributed by atoms with Crippen LogP contribution in [-0.4, -0.2) is 36.3 Å². The number of likely N-dealkylation sites (tertiary alicyclic amines) is 1. The third kappa shape index (κ3) is 6.73. The fourth-order valence-electron chi connectivity index (χ4n) is 3.95. The first kappa shape index (κ1) is 24.6. The predicted molar refractivity (Wildman–Crippen MR) is 122 cm³/mol. The van der Waals surface area contributed by atoms with Crippen LogP contribution in [0.2, 0.25) is 0 Å². The summed E-state index contributed by atoms with van der Waals surface area (Å²) >= 11 is 0. The van der Waals surface area contributed by atoms with E-state index in [4.69, 9.17) is 0 Å². The number of nitrogens with zero attached hydrogens (tertiary/aromatic N) is 1. The molecule has 2 aromatic rings. The molecule has 0 radical (unpaired) electrons. The normalized spacial score (nSPS) is 14.7. The van der Waals surface area contributed by atoms with E-state index in [-0.39, 0.29) is 23.4 Å². The Bertz CT molecular complexity index is 954. The van der Waals surface area contributed by atoms with E-state index in [9.17, 15) is 22.8 Å². The highest BCUT2D eigenvalue weighted by Gasteiger charge is 2.31. The monoisotopic (exact) mass is 461 g/mol. The Balaban J connectivity index is 1.62. The van der Waals surface area contributed by atoms with Crippen molar-refractivity contribution in [3.05, 3.63) is 59.7 Å². The summed E-state index contributed by atoms with van der Waals surface area (Å²) < 4.78 is 39.1. The number of halogens is 3. The number of nitrogens with one attached hydrogen (secondary N) is 2. The summed E-state index contributed by atoms with van der Waals surface area (Å²) in [6.45, 7) is 3.72. The van der Waals surface area contributed by atoms with Crippen molar-refractivity contribution in [3.8, 4) is 0 Å². The Hall–Kier alpha value is -3.03. The summed E-state index contributed by atoms with van der Waals surface area (Å²) in [5, 5.41) is 5.94. The number of piperidine rings is 1. The maximum absolute atomic E-state index is 13.2. The fourth-order valence-corrected chi connectivity index (χ4v) is 3.95. The van der Waals surface area contributed by atoms with Crippen molar-refractivity contribution in [2.24, 2.45) is 5.92 Å². The van der Waals surface area contributed by atoms with E-state index in [1.54, 1.807) is 29.2 Å². The maximum Gasteiger partial charge on any atom is 0.416 e. The molecule has 0 aromatic heterocycles. The summed E-state index contributed by atoms with van der Waals surface area (Å²) in [6, 6.07) is 11.7. The fraction of sp³-hybridized carbons (Fsp3) is 0.440. The van der Waals surface area contributed by atoms with Gasteiger partial charge in [-0.15, -0.1) is 0 Å². The second-order valence-corrected chi connectivity index (χ2v) is 8.31. The number of carbonyl (C=O) groups is 2. The molecule has 3 rings (SSSR count). The van der Waals surface area contributed by atoms with Crippen molar-refractivity contribution in [1.29, 1.82) is 0 Å². The molecule has 0 aliphatic carbocycles. The molecule has 0 spiro atoms. The minimum atomic E-state index is -4.44. The number of alkyl halides is 3. The first-order chi connectivity index (χ1) is 15.8. The molecule has 1 saturated heterocycles. The molecular weight excluding hydrogens is 431 g/mol. The van der Waals surface area contributed by atoms with Crippen LogP contribution in [0.15, 0.2) is 48.5 Å². The van der Waals surface area contributed by atoms with Crippen molar-refractivity contribution < 1.29 is 22.8 Å². The van der Waals surface area contributed by atoms with Crippen LogP contribution >= 0.6 is 0 Å². The summed E-state index contributed by atoms with van der Waals surface area (Å²) in [6.07, 6.45) is -0.111. The van der Waals surface area contributed by atoms with Gasteiger partial charge in [-0.05, 0) is 49.6 Å². The summed E-state index contributed by atoms with van der Waals surface area (Å²) in [7, 11) is 0. The van der Waals surface area contributed by atoms with Crippen molar-refractivity contribution in [3.63, 3.8) is 0 Å². The Morgan fingerprint density at radius 1 is 1.03 bits per heavy atom. The number of anilines is 2. The lowest BCUT2D eigenvalue weighted by Crippen LogP contribution is -2.43. The molecule has 0 atom stereocenters. The summed E-state index contributed by atoms with van der Waals surface area (Å²) in [5.74, 6) is -0.258. The van der Waals surface area contributed by atoms with E-state index in [1.165, 1.54) is 12.1 Å². The second kappa shape index (κ2) is 11.2. The summed E-state index contributed by atoms with van der Waals surface area (Å²) in [4.78, 5) is 27.2. The van der Waals surface area contributed by atoms with Crippen molar-refractivity contribution in [1.82, 2.24) is 10.2 Å². The van der Waals surface area contributed by atoms with Crippen LogP contribution < -0.4 is 10.6 Å². The van der Waals surface area contributed by atoms with Crippen molar-refractivity contribution in [2.45, 2.75) is 45.2 Å². The largest absolute Gasteiger partial charge is 0.416 e. The van der Waals surface area contributed by atoms with Gasteiger partial charge >= 0.3 is 6.18 Å². The van der Waals surface area contributed by atoms with Crippen LogP contribution in [0.1, 0.15) is 54.9 Å². The highest BCUT2D eigenvalue weighted by Crippen LogP contribution is 2.32. The van der Waals surface area contributed by atoms with Gasteiger partial charge in [0.05, 0.1) is 16.8 Å². The van der Waals surface area contributed by atoms with Crippen LogP contribution in [-0.2, 0) is 11.0 Å². The highest BCUT2D eigenvalue weighted by molar-refractivity contribution is 6.00. The van der Waals surface area contributed by atoms with Crippen molar-refractivity contribution >= 4 is 23.2 Å². The number of rotatable bonds is 8. The van der Waals surface area contributed by atoms with Gasteiger partial charge in [0.2, 0.25) is 5.91 Å². The lowest BCUT2D eigenvalue weighted by atomic mass is 9.95. The quantitative estimate of drug-likeness (QED) is 0.503. The van der Waals surface area contributed by atoms with Crippen LogP contribution in [0.4, 0.5) is 24.5 Å². The zero-order chi connectivity index (χ0) is 23.8. The Morgan fingerprint density at radius 3 is 2.45 bits per heavy atom. The smallest absolute Gasteiger partial charge is 0.356 e. The van der Waals surface area contributed by atoms with Crippen LogP contribution in [0.5, 0.6) is 0 Å². The van der Waals surface area contributed by atoms with Gasteiger partial charge in [-0.25, -0.2) is 0 Å². The number of hydrogen-bond donors (Lipinski definition) is 2. The van der Waals surface area contributed by atoms with E-state index in [1.807, 2.05) is 0 Å². The number of unbranched alkanes of at least 4 members (excludes halogenated alkanes) is 2. The zero-order valence-electron chi connectivity index (χ0n) is 18.8. The van der Waals surface area contributed by atoms with Gasteiger partial charge in [0.25, 0.3) is 5.91 Å². The number of para-hydroxylation sites is 1. The standard InChI is InChI=1S/C25H30F3N3O2/c1-2-3-6-14-29-23(32)18-12-15-31(16-13-18)24(33)21-10-4-5-11-22(21)30-20-9-7-8-19(17-20)25(26,27)28/h4-5,7-11,17-18,30H,2-3,6,12-16H2,1H3,(H,29,32). The molecule has 2 N–H and O–H groups in total. The molecule has 33 heavy (non-hydrogen) atoms. The lowest BCUT2D eigenvalue weighted by Gasteiger charge is -2.32. The average molecular weight is 462 g/mol. The van der Waals surface area contributed by atoms with Crippen molar-refractivity contribution in [2.75, 3.05) is 25.0 Å². The van der Waals surface area contributed by atoms with Gasteiger partial charge in [-0.2, -0.15) is 13.2 Å².